The van der Waals surface area contributed by atoms with Crippen molar-refractivity contribution in [2.75, 3.05) is 13.2 Å². The lowest BCUT2D eigenvalue weighted by Gasteiger charge is -2.14. The number of hydrogen-bond acceptors (Lipinski definition) is 6. The second kappa shape index (κ2) is 11.3. The Hall–Kier alpha value is -4.14. The highest BCUT2D eigenvalue weighted by atomic mass is 16.5. The minimum Gasteiger partial charge on any atom is -0.481 e. The van der Waals surface area contributed by atoms with Gasteiger partial charge in [0.2, 0.25) is 0 Å². The Labute approximate surface area is 202 Å². The first-order chi connectivity index (χ1) is 17.0. The van der Waals surface area contributed by atoms with Crippen LogP contribution in [0.2, 0.25) is 0 Å². The Morgan fingerprint density at radius 1 is 0.943 bits per heavy atom. The molecule has 2 amide bonds. The topological polar surface area (TPSA) is 131 Å². The second-order valence-corrected chi connectivity index (χ2v) is 8.32. The van der Waals surface area contributed by atoms with E-state index < -0.39 is 12.1 Å². The van der Waals surface area contributed by atoms with E-state index in [-0.39, 0.29) is 37.1 Å². The van der Waals surface area contributed by atoms with Gasteiger partial charge in [0.25, 0.3) is 5.91 Å². The summed E-state index contributed by atoms with van der Waals surface area (Å²) in [5.41, 5.74) is 4.69. The number of amides is 2. The highest BCUT2D eigenvalue weighted by molar-refractivity contribution is 5.92. The number of benzene rings is 2. The molecule has 3 aromatic rings. The zero-order valence-electron chi connectivity index (χ0n) is 19.2. The number of ether oxygens (including phenoxy) is 1. The molecule has 2 aromatic carbocycles. The summed E-state index contributed by atoms with van der Waals surface area (Å²) in [4.78, 5) is 34.9. The number of aliphatic carboxylic acids is 1. The maximum Gasteiger partial charge on any atom is 0.407 e. The fourth-order valence-corrected chi connectivity index (χ4v) is 4.18. The molecule has 0 unspecified atom stereocenters. The Bertz CT molecular complexity index is 1160. The number of aromatic nitrogens is 1. The number of alkyl carbamates (subject to hydrolysis) is 1. The van der Waals surface area contributed by atoms with Crippen molar-refractivity contribution in [1.29, 1.82) is 0 Å². The maximum atomic E-state index is 12.3. The standard InChI is InChI=1S/C26H27N3O6/c30-24(31)12-2-1-7-13-27-25(32)23-14-17(35-29-23)15-28-26(33)34-16-22-20-10-5-3-8-18(20)19-9-4-6-11-21(19)22/h3-6,8-11,14,22H,1-2,7,12-13,15-16H2,(H,27,32)(H,28,33)(H,30,31). The van der Waals surface area contributed by atoms with Crippen LogP contribution in [0.5, 0.6) is 0 Å². The molecule has 1 aromatic heterocycles. The summed E-state index contributed by atoms with van der Waals surface area (Å²) in [6, 6.07) is 17.7. The second-order valence-electron chi connectivity index (χ2n) is 8.32. The summed E-state index contributed by atoms with van der Waals surface area (Å²) in [5.74, 6) is -0.918. The molecule has 0 saturated carbocycles. The lowest BCUT2D eigenvalue weighted by Crippen LogP contribution is -2.25. The maximum absolute atomic E-state index is 12.3. The molecular formula is C26H27N3O6. The Morgan fingerprint density at radius 2 is 1.63 bits per heavy atom. The number of carbonyl (C=O) groups excluding carboxylic acids is 2. The number of nitrogens with zero attached hydrogens (tertiary/aromatic N) is 1. The Morgan fingerprint density at radius 3 is 2.31 bits per heavy atom. The summed E-state index contributed by atoms with van der Waals surface area (Å²) < 4.78 is 10.6. The van der Waals surface area contributed by atoms with Crippen molar-refractivity contribution >= 4 is 18.0 Å². The minimum absolute atomic E-state index is 0.0298. The van der Waals surface area contributed by atoms with E-state index in [0.717, 1.165) is 22.3 Å². The predicted molar refractivity (Wildman–Crippen MR) is 127 cm³/mol. The molecule has 9 heteroatoms. The number of carboxylic acid groups (broad SMARTS) is 1. The summed E-state index contributed by atoms with van der Waals surface area (Å²) in [6.45, 7) is 0.654. The first kappa shape index (κ1) is 24.0. The highest BCUT2D eigenvalue weighted by Crippen LogP contribution is 2.44. The van der Waals surface area contributed by atoms with Crippen LogP contribution in [-0.2, 0) is 16.1 Å². The van der Waals surface area contributed by atoms with Gasteiger partial charge in [0.1, 0.15) is 6.61 Å². The number of rotatable bonds is 11. The van der Waals surface area contributed by atoms with Crippen LogP contribution in [-0.4, -0.2) is 41.4 Å². The van der Waals surface area contributed by atoms with Crippen LogP contribution in [0.25, 0.3) is 11.1 Å². The van der Waals surface area contributed by atoms with Gasteiger partial charge < -0.3 is 25.0 Å². The number of hydrogen-bond donors (Lipinski definition) is 3. The number of fused-ring (bicyclic) bond motifs is 3. The molecule has 4 rings (SSSR count). The third kappa shape index (κ3) is 6.06. The highest BCUT2D eigenvalue weighted by Gasteiger charge is 2.29. The van der Waals surface area contributed by atoms with Crippen molar-refractivity contribution in [3.05, 3.63) is 77.2 Å². The van der Waals surface area contributed by atoms with Gasteiger partial charge in [-0.25, -0.2) is 4.79 Å². The van der Waals surface area contributed by atoms with Crippen molar-refractivity contribution in [2.24, 2.45) is 0 Å². The van der Waals surface area contributed by atoms with E-state index in [0.29, 0.717) is 31.6 Å². The largest absolute Gasteiger partial charge is 0.481 e. The lowest BCUT2D eigenvalue weighted by molar-refractivity contribution is -0.137. The monoisotopic (exact) mass is 477 g/mol. The van der Waals surface area contributed by atoms with Crippen molar-refractivity contribution in [1.82, 2.24) is 15.8 Å². The molecule has 1 heterocycles. The number of nitrogens with one attached hydrogen (secondary N) is 2. The van der Waals surface area contributed by atoms with Crippen LogP contribution in [0, 0.1) is 0 Å². The lowest BCUT2D eigenvalue weighted by atomic mass is 9.98. The average Bonchev–Trinajstić information content (AvgIpc) is 3.46. The van der Waals surface area contributed by atoms with Gasteiger partial charge in [-0.05, 0) is 35.1 Å². The first-order valence-electron chi connectivity index (χ1n) is 11.6. The Balaban J connectivity index is 1.21. The normalized spacial score (nSPS) is 12.0. The van der Waals surface area contributed by atoms with E-state index in [1.54, 1.807) is 0 Å². The molecule has 1 aliphatic rings. The number of carboxylic acids is 1. The predicted octanol–water partition coefficient (Wildman–Crippen LogP) is 4.09. The van der Waals surface area contributed by atoms with Gasteiger partial charge in [-0.15, -0.1) is 0 Å². The molecule has 182 valence electrons. The molecule has 3 N–H and O–H groups in total. The van der Waals surface area contributed by atoms with E-state index in [1.807, 2.05) is 24.3 Å². The SMILES string of the molecule is O=C(O)CCCCCNC(=O)c1cc(CNC(=O)OCC2c3ccccc3-c3ccccc32)on1. The van der Waals surface area contributed by atoms with Gasteiger partial charge >= 0.3 is 12.1 Å². The van der Waals surface area contributed by atoms with Gasteiger partial charge in [0.05, 0.1) is 6.54 Å². The molecule has 0 radical (unpaired) electrons. The van der Waals surface area contributed by atoms with Crippen molar-refractivity contribution in [2.45, 2.75) is 38.1 Å². The van der Waals surface area contributed by atoms with Crippen LogP contribution in [0.4, 0.5) is 4.79 Å². The van der Waals surface area contributed by atoms with Crippen LogP contribution < -0.4 is 10.6 Å². The van der Waals surface area contributed by atoms with Gasteiger partial charge in [0.15, 0.2) is 11.5 Å². The van der Waals surface area contributed by atoms with Gasteiger partial charge in [-0.1, -0.05) is 60.1 Å². The fraction of sp³-hybridized carbons (Fsp3) is 0.308. The van der Waals surface area contributed by atoms with E-state index in [9.17, 15) is 14.4 Å². The summed E-state index contributed by atoms with van der Waals surface area (Å²) in [5, 5.41) is 17.7. The molecule has 0 atom stereocenters. The van der Waals surface area contributed by atoms with E-state index in [4.69, 9.17) is 14.4 Å². The van der Waals surface area contributed by atoms with Gasteiger partial charge in [-0.3, -0.25) is 9.59 Å². The number of carbonyl (C=O) groups is 3. The van der Waals surface area contributed by atoms with Crippen molar-refractivity contribution < 1.29 is 28.8 Å². The molecule has 0 saturated heterocycles. The zero-order chi connectivity index (χ0) is 24.6. The third-order valence-electron chi connectivity index (χ3n) is 5.90. The molecule has 9 nitrogen and oxygen atoms in total. The first-order valence-corrected chi connectivity index (χ1v) is 11.6. The molecule has 0 bridgehead atoms. The van der Waals surface area contributed by atoms with Crippen LogP contribution in [0.1, 0.15) is 59.0 Å². The molecule has 0 spiro atoms. The average molecular weight is 478 g/mol. The van der Waals surface area contributed by atoms with E-state index in [1.165, 1.54) is 6.07 Å². The summed E-state index contributed by atoms with van der Waals surface area (Å²) >= 11 is 0. The summed E-state index contributed by atoms with van der Waals surface area (Å²) in [7, 11) is 0. The smallest absolute Gasteiger partial charge is 0.407 e. The quantitative estimate of drug-likeness (QED) is 0.355. The van der Waals surface area contributed by atoms with Crippen molar-refractivity contribution in [3.63, 3.8) is 0 Å². The molecule has 35 heavy (non-hydrogen) atoms. The van der Waals surface area contributed by atoms with Crippen LogP contribution >= 0.6 is 0 Å². The Kier molecular flexibility index (Phi) is 7.77. The van der Waals surface area contributed by atoms with Crippen LogP contribution in [0.15, 0.2) is 59.1 Å². The molecule has 1 aliphatic carbocycles. The summed E-state index contributed by atoms with van der Waals surface area (Å²) in [6.07, 6.45) is 1.49. The minimum atomic E-state index is -0.823. The fourth-order valence-electron chi connectivity index (χ4n) is 4.18. The van der Waals surface area contributed by atoms with E-state index in [2.05, 4.69) is 40.1 Å². The molecular weight excluding hydrogens is 450 g/mol. The van der Waals surface area contributed by atoms with Crippen LogP contribution in [0.3, 0.4) is 0 Å². The van der Waals surface area contributed by atoms with Gasteiger partial charge in [0, 0.05) is 24.9 Å². The molecule has 0 aliphatic heterocycles. The van der Waals surface area contributed by atoms with E-state index >= 15 is 0 Å². The zero-order valence-corrected chi connectivity index (χ0v) is 19.2. The number of unbranched alkanes of at least 4 members (excludes halogenated alkanes) is 2. The van der Waals surface area contributed by atoms with Crippen molar-refractivity contribution in [3.8, 4) is 11.1 Å². The third-order valence-corrected chi connectivity index (χ3v) is 5.90. The molecule has 0 fully saturated rings. The van der Waals surface area contributed by atoms with Gasteiger partial charge in [-0.2, -0.15) is 0 Å².